The summed E-state index contributed by atoms with van der Waals surface area (Å²) in [5.41, 5.74) is 2.02. The predicted molar refractivity (Wildman–Crippen MR) is 80.8 cm³/mol. The van der Waals surface area contributed by atoms with E-state index in [9.17, 15) is 0 Å². The van der Waals surface area contributed by atoms with Crippen LogP contribution in [0.2, 0.25) is 0 Å². The van der Waals surface area contributed by atoms with Gasteiger partial charge in [-0.1, -0.05) is 11.6 Å². The molecule has 5 nitrogen and oxygen atoms in total. The van der Waals surface area contributed by atoms with Crippen molar-refractivity contribution in [1.29, 1.82) is 0 Å². The van der Waals surface area contributed by atoms with Gasteiger partial charge in [0.25, 0.3) is 5.89 Å². The highest BCUT2D eigenvalue weighted by Gasteiger charge is 2.15. The number of fused-ring (bicyclic) bond motifs is 1. The van der Waals surface area contributed by atoms with Crippen molar-refractivity contribution in [3.63, 3.8) is 0 Å². The van der Waals surface area contributed by atoms with Crippen LogP contribution >= 0.6 is 0 Å². The molecule has 1 aromatic carbocycles. The molecule has 0 aliphatic heterocycles. The van der Waals surface area contributed by atoms with E-state index in [1.165, 1.54) is 5.56 Å². The van der Waals surface area contributed by atoms with Crippen LogP contribution < -0.4 is 5.32 Å². The Labute approximate surface area is 123 Å². The minimum atomic E-state index is 0.00548. The Morgan fingerprint density at radius 1 is 1.10 bits per heavy atom. The van der Waals surface area contributed by atoms with Gasteiger partial charge in [-0.05, 0) is 45.9 Å². The molecule has 0 amide bonds. The largest absolute Gasteiger partial charge is 0.451 e. The Balaban J connectivity index is 1.84. The minimum absolute atomic E-state index is 0.00548. The number of hydrogen-bond donors (Lipinski definition) is 1. The van der Waals surface area contributed by atoms with E-state index in [1.54, 1.807) is 0 Å². The van der Waals surface area contributed by atoms with Crippen molar-refractivity contribution in [2.75, 3.05) is 0 Å². The molecule has 0 saturated heterocycles. The normalized spacial score (nSPS) is 12.2. The van der Waals surface area contributed by atoms with Crippen molar-refractivity contribution in [1.82, 2.24) is 15.5 Å². The van der Waals surface area contributed by atoms with Crippen molar-refractivity contribution in [3.05, 3.63) is 35.7 Å². The summed E-state index contributed by atoms with van der Waals surface area (Å²) in [5, 5.41) is 12.4. The number of aromatic nitrogens is 2. The Bertz CT molecular complexity index is 765. The number of nitrogens with zero attached hydrogens (tertiary/aromatic N) is 2. The molecule has 0 bridgehead atoms. The van der Waals surface area contributed by atoms with Gasteiger partial charge in [0.05, 0.1) is 6.54 Å². The zero-order valence-electron chi connectivity index (χ0n) is 12.7. The molecule has 0 radical (unpaired) electrons. The third kappa shape index (κ3) is 3.13. The maximum Gasteiger partial charge on any atom is 0.283 e. The van der Waals surface area contributed by atoms with Crippen LogP contribution in [-0.4, -0.2) is 15.7 Å². The second kappa shape index (κ2) is 5.00. The van der Waals surface area contributed by atoms with Gasteiger partial charge in [0.1, 0.15) is 5.58 Å². The average Bonchev–Trinajstić information content (AvgIpc) is 3.00. The number of rotatable bonds is 3. The summed E-state index contributed by atoms with van der Waals surface area (Å²) in [6, 6.07) is 7.96. The first-order valence-corrected chi connectivity index (χ1v) is 6.99. The van der Waals surface area contributed by atoms with E-state index in [2.05, 4.69) is 49.3 Å². The van der Waals surface area contributed by atoms with Crippen LogP contribution in [0.5, 0.6) is 0 Å². The summed E-state index contributed by atoms with van der Waals surface area (Å²) in [6.07, 6.45) is 0. The van der Waals surface area contributed by atoms with Crippen molar-refractivity contribution in [3.8, 4) is 11.7 Å². The molecular formula is C16H19N3O2. The monoisotopic (exact) mass is 285 g/mol. The molecule has 0 saturated carbocycles. The standard InChI is InChI=1S/C16H19N3O2/c1-10-5-6-12-11(7-10)8-13(20-12)15-19-18-14(21-15)9-17-16(2,3)4/h5-8,17H,9H2,1-4H3. The fourth-order valence-corrected chi connectivity index (χ4v) is 2.03. The molecule has 3 aromatic rings. The predicted octanol–water partition coefficient (Wildman–Crippen LogP) is 3.68. The first-order valence-electron chi connectivity index (χ1n) is 6.99. The third-order valence-corrected chi connectivity index (χ3v) is 3.12. The van der Waals surface area contributed by atoms with E-state index < -0.39 is 0 Å². The Morgan fingerprint density at radius 3 is 2.67 bits per heavy atom. The fourth-order valence-electron chi connectivity index (χ4n) is 2.03. The Morgan fingerprint density at radius 2 is 1.90 bits per heavy atom. The van der Waals surface area contributed by atoms with E-state index in [0.717, 1.165) is 11.0 Å². The van der Waals surface area contributed by atoms with Crippen LogP contribution in [0.1, 0.15) is 32.2 Å². The molecular weight excluding hydrogens is 266 g/mol. The smallest absolute Gasteiger partial charge is 0.283 e. The van der Waals surface area contributed by atoms with Gasteiger partial charge >= 0.3 is 0 Å². The van der Waals surface area contributed by atoms with E-state index in [0.29, 0.717) is 24.1 Å². The summed E-state index contributed by atoms with van der Waals surface area (Å²) >= 11 is 0. The molecule has 2 heterocycles. The number of benzene rings is 1. The van der Waals surface area contributed by atoms with Gasteiger partial charge in [-0.2, -0.15) is 0 Å². The van der Waals surface area contributed by atoms with Gasteiger partial charge in [-0.25, -0.2) is 0 Å². The van der Waals surface area contributed by atoms with Crippen LogP contribution in [0.3, 0.4) is 0 Å². The lowest BCUT2D eigenvalue weighted by atomic mass is 10.1. The van der Waals surface area contributed by atoms with Crippen LogP contribution in [0.4, 0.5) is 0 Å². The average molecular weight is 285 g/mol. The topological polar surface area (TPSA) is 64.1 Å². The molecule has 0 unspecified atom stereocenters. The van der Waals surface area contributed by atoms with Crippen molar-refractivity contribution in [2.45, 2.75) is 39.8 Å². The summed E-state index contributed by atoms with van der Waals surface area (Å²) in [7, 11) is 0. The third-order valence-electron chi connectivity index (χ3n) is 3.12. The number of aryl methyl sites for hydroxylation is 1. The molecule has 3 rings (SSSR count). The van der Waals surface area contributed by atoms with Gasteiger partial charge in [-0.3, -0.25) is 0 Å². The first-order chi connectivity index (χ1) is 9.90. The van der Waals surface area contributed by atoms with Crippen molar-refractivity contribution < 1.29 is 8.83 Å². The van der Waals surface area contributed by atoms with Crippen LogP contribution in [0.25, 0.3) is 22.6 Å². The van der Waals surface area contributed by atoms with E-state index in [1.807, 2.05) is 18.2 Å². The molecule has 21 heavy (non-hydrogen) atoms. The maximum absolute atomic E-state index is 5.75. The minimum Gasteiger partial charge on any atom is -0.451 e. The molecule has 1 N–H and O–H groups in total. The number of furan rings is 1. The van der Waals surface area contributed by atoms with Crippen LogP contribution in [0.15, 0.2) is 33.1 Å². The number of hydrogen-bond acceptors (Lipinski definition) is 5. The lowest BCUT2D eigenvalue weighted by Crippen LogP contribution is -2.35. The SMILES string of the molecule is Cc1ccc2oc(-c3nnc(CNC(C)(C)C)o3)cc2c1. The molecule has 0 aliphatic carbocycles. The highest BCUT2D eigenvalue weighted by Crippen LogP contribution is 2.27. The van der Waals surface area contributed by atoms with E-state index in [-0.39, 0.29) is 5.54 Å². The molecule has 0 aliphatic rings. The summed E-state index contributed by atoms with van der Waals surface area (Å²) in [4.78, 5) is 0. The van der Waals surface area contributed by atoms with Gasteiger partial charge in [-0.15, -0.1) is 10.2 Å². The Hall–Kier alpha value is -2.14. The molecule has 0 spiro atoms. The maximum atomic E-state index is 5.75. The Kier molecular flexibility index (Phi) is 3.29. The quantitative estimate of drug-likeness (QED) is 0.795. The van der Waals surface area contributed by atoms with Gasteiger partial charge < -0.3 is 14.2 Å². The molecule has 5 heteroatoms. The molecule has 0 fully saturated rings. The lowest BCUT2D eigenvalue weighted by Gasteiger charge is -2.18. The van der Waals surface area contributed by atoms with Crippen LogP contribution in [0, 0.1) is 6.92 Å². The fraction of sp³-hybridized carbons (Fsp3) is 0.375. The second-order valence-electron chi connectivity index (χ2n) is 6.26. The van der Waals surface area contributed by atoms with Gasteiger partial charge in [0.15, 0.2) is 5.76 Å². The summed E-state index contributed by atoms with van der Waals surface area (Å²) < 4.78 is 11.4. The zero-order chi connectivity index (χ0) is 15.0. The molecule has 2 aromatic heterocycles. The second-order valence-corrected chi connectivity index (χ2v) is 6.26. The number of nitrogens with one attached hydrogen (secondary N) is 1. The van der Waals surface area contributed by atoms with E-state index in [4.69, 9.17) is 8.83 Å². The zero-order valence-corrected chi connectivity index (χ0v) is 12.7. The highest BCUT2D eigenvalue weighted by molar-refractivity contribution is 5.82. The van der Waals surface area contributed by atoms with Crippen LogP contribution in [-0.2, 0) is 6.54 Å². The van der Waals surface area contributed by atoms with Gasteiger partial charge in [0, 0.05) is 10.9 Å². The van der Waals surface area contributed by atoms with Crippen molar-refractivity contribution in [2.24, 2.45) is 0 Å². The van der Waals surface area contributed by atoms with E-state index >= 15 is 0 Å². The molecule has 110 valence electrons. The lowest BCUT2D eigenvalue weighted by molar-refractivity contribution is 0.382. The summed E-state index contributed by atoms with van der Waals surface area (Å²) in [5.74, 6) is 1.57. The van der Waals surface area contributed by atoms with Gasteiger partial charge in [0.2, 0.25) is 5.89 Å². The first kappa shape index (κ1) is 13.8. The summed E-state index contributed by atoms with van der Waals surface area (Å²) in [6.45, 7) is 8.86. The van der Waals surface area contributed by atoms with Crippen molar-refractivity contribution >= 4 is 11.0 Å². The molecule has 0 atom stereocenters. The highest BCUT2D eigenvalue weighted by atomic mass is 16.4.